The van der Waals surface area contributed by atoms with E-state index in [2.05, 4.69) is 87.4 Å². The van der Waals surface area contributed by atoms with E-state index in [1.54, 1.807) is 31.2 Å². The van der Waals surface area contributed by atoms with Gasteiger partial charge < -0.3 is 14.2 Å². The van der Waals surface area contributed by atoms with Gasteiger partial charge in [0, 0.05) is 47.6 Å². The minimum atomic E-state index is -0.329. The fourth-order valence-electron chi connectivity index (χ4n) is 5.11. The number of esters is 1. The molecule has 0 fully saturated rings. The van der Waals surface area contributed by atoms with Crippen LogP contribution in [-0.4, -0.2) is 30.7 Å². The average molecular weight is 533 g/mol. The van der Waals surface area contributed by atoms with Crippen LogP contribution in [0.3, 0.4) is 0 Å². The number of carbonyl (C=O) groups excluding carboxylic acids is 1. The van der Waals surface area contributed by atoms with E-state index in [0.717, 1.165) is 25.2 Å². The van der Waals surface area contributed by atoms with Crippen molar-refractivity contribution in [1.29, 1.82) is 0 Å². The zero-order valence-electron chi connectivity index (χ0n) is 23.3. The van der Waals surface area contributed by atoms with Crippen molar-refractivity contribution in [3.63, 3.8) is 0 Å². The highest BCUT2D eigenvalue weighted by Crippen LogP contribution is 2.29. The number of aromatic nitrogens is 1. The third-order valence-corrected chi connectivity index (χ3v) is 7.25. The molecule has 5 rings (SSSR count). The van der Waals surface area contributed by atoms with Gasteiger partial charge in [-0.2, -0.15) is 10.2 Å². The van der Waals surface area contributed by atoms with Crippen LogP contribution in [0.2, 0.25) is 0 Å². The monoisotopic (exact) mass is 532 g/mol. The minimum absolute atomic E-state index is 0.329. The number of aryl methyl sites for hydroxylation is 1. The Hall–Kier alpha value is -4.45. The van der Waals surface area contributed by atoms with Gasteiger partial charge in [-0.25, -0.2) is 4.79 Å². The molecule has 40 heavy (non-hydrogen) atoms. The molecule has 0 radical (unpaired) electrons. The molecule has 0 N–H and O–H groups in total. The first-order valence-electron chi connectivity index (χ1n) is 14.1. The summed E-state index contributed by atoms with van der Waals surface area (Å²) in [5.41, 5.74) is 5.82. The van der Waals surface area contributed by atoms with E-state index in [1.807, 2.05) is 12.1 Å². The Bertz CT molecular complexity index is 1530. The van der Waals surface area contributed by atoms with E-state index in [0.29, 0.717) is 17.9 Å². The van der Waals surface area contributed by atoms with Crippen LogP contribution in [0.15, 0.2) is 107 Å². The zero-order chi connectivity index (χ0) is 27.7. The van der Waals surface area contributed by atoms with Crippen LogP contribution < -0.4 is 4.90 Å². The number of hydrogen-bond donors (Lipinski definition) is 0. The fraction of sp³-hybridized carbons (Fsp3) is 0.265. The summed E-state index contributed by atoms with van der Waals surface area (Å²) in [6.07, 6.45) is 4.77. The Kier molecular flexibility index (Phi) is 8.86. The van der Waals surface area contributed by atoms with Crippen LogP contribution in [0, 0.1) is 0 Å². The van der Waals surface area contributed by atoms with Gasteiger partial charge in [-0.1, -0.05) is 49.2 Å². The Morgan fingerprint density at radius 3 is 1.88 bits per heavy atom. The van der Waals surface area contributed by atoms with E-state index in [9.17, 15) is 4.79 Å². The first-order chi connectivity index (χ1) is 19.6. The van der Waals surface area contributed by atoms with Crippen LogP contribution in [0.1, 0.15) is 43.0 Å². The maximum absolute atomic E-state index is 11.8. The molecule has 0 aliphatic heterocycles. The second kappa shape index (κ2) is 13.1. The van der Waals surface area contributed by atoms with Crippen molar-refractivity contribution in [2.75, 3.05) is 25.1 Å². The summed E-state index contributed by atoms with van der Waals surface area (Å²) in [5, 5.41) is 11.3. The first kappa shape index (κ1) is 27.1. The Morgan fingerprint density at radius 2 is 1.27 bits per heavy atom. The Morgan fingerprint density at radius 1 is 0.725 bits per heavy atom. The first-order valence-corrected chi connectivity index (χ1v) is 14.1. The second-order valence-corrected chi connectivity index (χ2v) is 10.0. The minimum Gasteiger partial charge on any atom is -0.462 e. The van der Waals surface area contributed by atoms with Crippen LogP contribution in [0.5, 0.6) is 0 Å². The largest absolute Gasteiger partial charge is 0.462 e. The molecule has 0 unspecified atom stereocenters. The summed E-state index contributed by atoms with van der Waals surface area (Å²) in [4.78, 5) is 14.1. The van der Waals surface area contributed by atoms with Gasteiger partial charge in [0.05, 0.1) is 23.5 Å². The normalized spacial score (nSPS) is 11.4. The topological polar surface area (TPSA) is 59.2 Å². The predicted molar refractivity (Wildman–Crippen MR) is 164 cm³/mol. The summed E-state index contributed by atoms with van der Waals surface area (Å²) in [6.45, 7) is 4.22. The van der Waals surface area contributed by atoms with Crippen molar-refractivity contribution in [3.8, 4) is 0 Å². The van der Waals surface area contributed by atoms with Crippen molar-refractivity contribution in [2.24, 2.45) is 10.2 Å². The molecule has 0 amide bonds. The maximum atomic E-state index is 11.8. The zero-order valence-corrected chi connectivity index (χ0v) is 23.3. The van der Waals surface area contributed by atoms with Gasteiger partial charge in [0.1, 0.15) is 0 Å². The highest BCUT2D eigenvalue weighted by atomic mass is 16.5. The third-order valence-electron chi connectivity index (χ3n) is 7.25. The van der Waals surface area contributed by atoms with Crippen LogP contribution >= 0.6 is 0 Å². The molecule has 0 bridgehead atoms. The standard InChI is InChI=1S/C34H36N4O2/c1-3-40-34(39)26-16-18-27(19-17-26)35-36-28-20-22-29(23-21-28)37(2)24-10-4-5-11-25-38-32-14-8-6-12-30(32)31-13-7-9-15-33(31)38/h6-9,12-23H,3-5,10-11,24-25H2,1-2H3. The molecule has 0 atom stereocenters. The van der Waals surface area contributed by atoms with Crippen LogP contribution in [-0.2, 0) is 11.3 Å². The van der Waals surface area contributed by atoms with E-state index in [-0.39, 0.29) is 5.97 Å². The molecule has 4 aromatic carbocycles. The van der Waals surface area contributed by atoms with Gasteiger partial charge in [0.15, 0.2) is 0 Å². The highest BCUT2D eigenvalue weighted by molar-refractivity contribution is 6.07. The number of unbranched alkanes of at least 4 members (excludes halogenated alkanes) is 3. The lowest BCUT2D eigenvalue weighted by Gasteiger charge is -2.19. The summed E-state index contributed by atoms with van der Waals surface area (Å²) in [5.74, 6) is -0.329. The molecule has 0 saturated carbocycles. The molecule has 204 valence electrons. The van der Waals surface area contributed by atoms with Gasteiger partial charge in [-0.05, 0) is 80.4 Å². The average Bonchev–Trinajstić information content (AvgIpc) is 3.32. The number of nitrogens with zero attached hydrogens (tertiary/aromatic N) is 4. The van der Waals surface area contributed by atoms with E-state index < -0.39 is 0 Å². The molecule has 0 aliphatic rings. The second-order valence-electron chi connectivity index (χ2n) is 10.0. The van der Waals surface area contributed by atoms with Gasteiger partial charge in [0.2, 0.25) is 0 Å². The van der Waals surface area contributed by atoms with Crippen LogP contribution in [0.25, 0.3) is 21.8 Å². The maximum Gasteiger partial charge on any atom is 0.338 e. The number of ether oxygens (including phenoxy) is 1. The molecule has 0 saturated heterocycles. The predicted octanol–water partition coefficient (Wildman–Crippen LogP) is 9.08. The number of fused-ring (bicyclic) bond motifs is 3. The number of rotatable bonds is 12. The van der Waals surface area contributed by atoms with Crippen molar-refractivity contribution in [1.82, 2.24) is 4.57 Å². The molecular formula is C34H36N4O2. The smallest absolute Gasteiger partial charge is 0.338 e. The Labute approximate surface area is 235 Å². The molecule has 6 heteroatoms. The molecule has 5 aromatic rings. The van der Waals surface area contributed by atoms with Gasteiger partial charge in [-0.3, -0.25) is 0 Å². The number of hydrogen-bond acceptors (Lipinski definition) is 5. The molecule has 1 heterocycles. The molecular weight excluding hydrogens is 496 g/mol. The number of anilines is 1. The van der Waals surface area contributed by atoms with E-state index in [4.69, 9.17) is 4.74 Å². The molecule has 1 aromatic heterocycles. The lowest BCUT2D eigenvalue weighted by atomic mass is 10.1. The lowest BCUT2D eigenvalue weighted by molar-refractivity contribution is 0.0526. The highest BCUT2D eigenvalue weighted by Gasteiger charge is 2.09. The van der Waals surface area contributed by atoms with Crippen molar-refractivity contribution < 1.29 is 9.53 Å². The van der Waals surface area contributed by atoms with E-state index in [1.165, 1.54) is 46.8 Å². The van der Waals surface area contributed by atoms with E-state index >= 15 is 0 Å². The SMILES string of the molecule is CCOC(=O)c1ccc(N=Nc2ccc(N(C)CCCCCCn3c4ccccc4c4ccccc43)cc2)cc1. The summed E-state index contributed by atoms with van der Waals surface area (Å²) in [7, 11) is 2.14. The van der Waals surface area contributed by atoms with Crippen molar-refractivity contribution in [3.05, 3.63) is 103 Å². The number of benzene rings is 4. The molecule has 6 nitrogen and oxygen atoms in total. The summed E-state index contributed by atoms with van der Waals surface area (Å²) < 4.78 is 7.49. The molecule has 0 spiro atoms. The van der Waals surface area contributed by atoms with Gasteiger partial charge in [0.25, 0.3) is 0 Å². The van der Waals surface area contributed by atoms with Gasteiger partial charge >= 0.3 is 5.97 Å². The fourth-order valence-corrected chi connectivity index (χ4v) is 5.11. The number of azo groups is 1. The van der Waals surface area contributed by atoms with Crippen molar-refractivity contribution >= 4 is 44.8 Å². The summed E-state index contributed by atoms with van der Waals surface area (Å²) >= 11 is 0. The summed E-state index contributed by atoms with van der Waals surface area (Å²) in [6, 6.07) is 32.5. The molecule has 0 aliphatic carbocycles. The van der Waals surface area contributed by atoms with Crippen LogP contribution in [0.4, 0.5) is 17.1 Å². The number of para-hydroxylation sites is 2. The quantitative estimate of drug-likeness (QED) is 0.0914. The van der Waals surface area contributed by atoms with Crippen molar-refractivity contribution in [2.45, 2.75) is 39.2 Å². The van der Waals surface area contributed by atoms with Gasteiger partial charge in [-0.15, -0.1) is 0 Å². The number of carbonyl (C=O) groups is 1. The Balaban J connectivity index is 1.06. The third kappa shape index (κ3) is 6.40. The lowest BCUT2D eigenvalue weighted by Crippen LogP contribution is -2.18.